The highest BCUT2D eigenvalue weighted by Gasteiger charge is 2.32. The lowest BCUT2D eigenvalue weighted by Crippen LogP contribution is -2.40. The van der Waals surface area contributed by atoms with Gasteiger partial charge in [0.2, 0.25) is 5.91 Å². The fourth-order valence-electron chi connectivity index (χ4n) is 4.22. The number of phenols is 1. The molecule has 1 amide bonds. The normalized spacial score (nSPS) is 18.7. The monoisotopic (exact) mass is 386 g/mol. The number of nitrogens with zero attached hydrogens (tertiary/aromatic N) is 1. The zero-order valence-electron chi connectivity index (χ0n) is 15.7. The maximum atomic E-state index is 11.9. The first-order valence-corrected chi connectivity index (χ1v) is 10.5. The molecule has 2 heterocycles. The minimum absolute atomic E-state index is 0.0148. The van der Waals surface area contributed by atoms with E-state index in [-0.39, 0.29) is 17.7 Å². The molecule has 144 valence electrons. The van der Waals surface area contributed by atoms with Crippen molar-refractivity contribution in [1.82, 2.24) is 4.90 Å². The minimum atomic E-state index is -0.0357. The summed E-state index contributed by atoms with van der Waals surface area (Å²) in [6.45, 7) is 4.66. The number of phenolic OH excluding ortho intramolecular Hbond substituents is 1. The van der Waals surface area contributed by atoms with Crippen LogP contribution in [0.1, 0.15) is 47.4 Å². The van der Waals surface area contributed by atoms with Gasteiger partial charge in [-0.3, -0.25) is 9.69 Å². The first-order chi connectivity index (χ1) is 13.1. The predicted octanol–water partition coefficient (Wildman–Crippen LogP) is 3.71. The topological polar surface area (TPSA) is 61.8 Å². The molecular formula is C21H26N2O3S. The largest absolute Gasteiger partial charge is 0.508 e. The summed E-state index contributed by atoms with van der Waals surface area (Å²) >= 11 is 1.73. The Morgan fingerprint density at radius 1 is 1.26 bits per heavy atom. The number of hydrogen-bond donors (Lipinski definition) is 2. The van der Waals surface area contributed by atoms with E-state index in [1.807, 2.05) is 12.1 Å². The van der Waals surface area contributed by atoms with E-state index in [0.29, 0.717) is 13.2 Å². The molecular weight excluding hydrogens is 360 g/mol. The molecule has 0 spiro atoms. The molecule has 6 heteroatoms. The van der Waals surface area contributed by atoms with Gasteiger partial charge in [-0.25, -0.2) is 0 Å². The molecule has 2 aromatic rings. The second-order valence-electron chi connectivity index (χ2n) is 7.28. The summed E-state index contributed by atoms with van der Waals surface area (Å²) in [6.07, 6.45) is 4.54. The number of carbonyl (C=O) groups excluding carboxylic acids is 1. The number of fused-ring (bicyclic) bond motifs is 1. The number of morpholine rings is 1. The van der Waals surface area contributed by atoms with Gasteiger partial charge in [-0.1, -0.05) is 12.1 Å². The minimum Gasteiger partial charge on any atom is -0.508 e. The third kappa shape index (κ3) is 3.88. The van der Waals surface area contributed by atoms with Gasteiger partial charge in [-0.05, 0) is 48.9 Å². The molecule has 2 N–H and O–H groups in total. The van der Waals surface area contributed by atoms with Gasteiger partial charge >= 0.3 is 0 Å². The van der Waals surface area contributed by atoms with Gasteiger partial charge in [0.1, 0.15) is 10.8 Å². The molecule has 1 atom stereocenters. The van der Waals surface area contributed by atoms with Crippen LogP contribution in [0.3, 0.4) is 0 Å². The van der Waals surface area contributed by atoms with E-state index < -0.39 is 0 Å². The number of thiophene rings is 1. The SMILES string of the molecule is CC(=O)Nc1sc2c(c1C(c1cccc(O)c1)N1CCOCC1)CCCC2. The van der Waals surface area contributed by atoms with Gasteiger partial charge in [-0.2, -0.15) is 0 Å². The average molecular weight is 387 g/mol. The Morgan fingerprint density at radius 2 is 2.04 bits per heavy atom. The average Bonchev–Trinajstić information content (AvgIpc) is 3.00. The van der Waals surface area contributed by atoms with E-state index in [9.17, 15) is 9.90 Å². The zero-order valence-corrected chi connectivity index (χ0v) is 16.5. The molecule has 2 aliphatic rings. The van der Waals surface area contributed by atoms with Crippen LogP contribution in [0.4, 0.5) is 5.00 Å². The Labute approximate surface area is 164 Å². The Morgan fingerprint density at radius 3 is 2.78 bits per heavy atom. The molecule has 0 radical (unpaired) electrons. The van der Waals surface area contributed by atoms with Crippen LogP contribution in [0.5, 0.6) is 5.75 Å². The van der Waals surface area contributed by atoms with Crippen LogP contribution < -0.4 is 5.32 Å². The Kier molecular flexibility index (Phi) is 5.48. The van der Waals surface area contributed by atoms with Crippen molar-refractivity contribution in [2.24, 2.45) is 0 Å². The van der Waals surface area contributed by atoms with E-state index in [2.05, 4.69) is 16.3 Å². The smallest absolute Gasteiger partial charge is 0.221 e. The third-order valence-electron chi connectivity index (χ3n) is 5.37. The number of amides is 1. The first-order valence-electron chi connectivity index (χ1n) is 9.66. The molecule has 1 aliphatic heterocycles. The molecule has 1 unspecified atom stereocenters. The van der Waals surface area contributed by atoms with E-state index in [4.69, 9.17) is 4.74 Å². The lowest BCUT2D eigenvalue weighted by atomic mass is 9.88. The molecule has 1 saturated heterocycles. The van der Waals surface area contributed by atoms with Crippen LogP contribution in [0.2, 0.25) is 0 Å². The van der Waals surface area contributed by atoms with Crippen molar-refractivity contribution in [3.8, 4) is 5.75 Å². The standard InChI is InChI=1S/C21H26N2O3S/c1-14(24)22-21-19(17-7-2-3-8-18(17)27-21)20(23-9-11-26-12-10-23)15-5-4-6-16(25)13-15/h4-6,13,20,25H,2-3,7-12H2,1H3,(H,22,24). The van der Waals surface area contributed by atoms with Crippen LogP contribution in [-0.2, 0) is 22.4 Å². The highest BCUT2D eigenvalue weighted by atomic mass is 32.1. The van der Waals surface area contributed by atoms with Crippen LogP contribution >= 0.6 is 11.3 Å². The summed E-state index contributed by atoms with van der Waals surface area (Å²) in [6, 6.07) is 7.54. The van der Waals surface area contributed by atoms with Crippen molar-refractivity contribution in [2.45, 2.75) is 38.6 Å². The number of rotatable bonds is 4. The van der Waals surface area contributed by atoms with E-state index in [1.165, 1.54) is 28.8 Å². The van der Waals surface area contributed by atoms with Crippen LogP contribution in [-0.4, -0.2) is 42.2 Å². The molecule has 1 fully saturated rings. The number of aryl methyl sites for hydroxylation is 1. The van der Waals surface area contributed by atoms with Gasteiger partial charge in [0.05, 0.1) is 19.3 Å². The summed E-state index contributed by atoms with van der Waals surface area (Å²) in [7, 11) is 0. The van der Waals surface area contributed by atoms with E-state index in [1.54, 1.807) is 24.3 Å². The number of aromatic hydroxyl groups is 1. The molecule has 5 nitrogen and oxygen atoms in total. The quantitative estimate of drug-likeness (QED) is 0.841. The lowest BCUT2D eigenvalue weighted by Gasteiger charge is -2.36. The maximum Gasteiger partial charge on any atom is 0.221 e. The van der Waals surface area contributed by atoms with Crippen LogP contribution in [0.25, 0.3) is 0 Å². The van der Waals surface area contributed by atoms with Crippen LogP contribution in [0.15, 0.2) is 24.3 Å². The summed E-state index contributed by atoms with van der Waals surface area (Å²) in [5.41, 5.74) is 3.68. The molecule has 4 rings (SSSR count). The predicted molar refractivity (Wildman–Crippen MR) is 108 cm³/mol. The van der Waals surface area contributed by atoms with Gasteiger partial charge in [0.15, 0.2) is 0 Å². The molecule has 27 heavy (non-hydrogen) atoms. The summed E-state index contributed by atoms with van der Waals surface area (Å²) < 4.78 is 5.58. The van der Waals surface area contributed by atoms with Crippen molar-refractivity contribution in [3.63, 3.8) is 0 Å². The molecule has 1 aliphatic carbocycles. The molecule has 1 aromatic heterocycles. The number of anilines is 1. The second kappa shape index (κ2) is 8.00. The van der Waals surface area contributed by atoms with Gasteiger partial charge in [-0.15, -0.1) is 11.3 Å². The number of carbonyl (C=O) groups is 1. The van der Waals surface area contributed by atoms with Crippen molar-refractivity contribution in [3.05, 3.63) is 45.8 Å². The second-order valence-corrected chi connectivity index (χ2v) is 8.39. The van der Waals surface area contributed by atoms with E-state index in [0.717, 1.165) is 36.5 Å². The number of hydrogen-bond acceptors (Lipinski definition) is 5. The number of ether oxygens (including phenoxy) is 1. The van der Waals surface area contributed by atoms with Crippen molar-refractivity contribution < 1.29 is 14.6 Å². The van der Waals surface area contributed by atoms with Crippen molar-refractivity contribution in [2.75, 3.05) is 31.6 Å². The number of nitrogens with one attached hydrogen (secondary N) is 1. The first kappa shape index (κ1) is 18.5. The lowest BCUT2D eigenvalue weighted by molar-refractivity contribution is -0.114. The zero-order chi connectivity index (χ0) is 18.8. The van der Waals surface area contributed by atoms with Crippen molar-refractivity contribution >= 4 is 22.2 Å². The third-order valence-corrected chi connectivity index (χ3v) is 6.60. The summed E-state index contributed by atoms with van der Waals surface area (Å²) in [5, 5.41) is 14.2. The Hall–Kier alpha value is -1.89. The van der Waals surface area contributed by atoms with Crippen LogP contribution in [0, 0.1) is 0 Å². The Bertz CT molecular complexity index is 827. The van der Waals surface area contributed by atoms with Gasteiger partial charge < -0.3 is 15.2 Å². The van der Waals surface area contributed by atoms with Gasteiger partial charge in [0.25, 0.3) is 0 Å². The number of benzene rings is 1. The van der Waals surface area contributed by atoms with Crippen molar-refractivity contribution in [1.29, 1.82) is 0 Å². The van der Waals surface area contributed by atoms with Gasteiger partial charge in [0, 0.05) is 30.5 Å². The molecule has 0 saturated carbocycles. The fraction of sp³-hybridized carbons (Fsp3) is 0.476. The highest BCUT2D eigenvalue weighted by molar-refractivity contribution is 7.16. The molecule has 0 bridgehead atoms. The summed E-state index contributed by atoms with van der Waals surface area (Å²) in [4.78, 5) is 15.7. The molecule has 1 aromatic carbocycles. The maximum absolute atomic E-state index is 11.9. The fourth-order valence-corrected chi connectivity index (χ4v) is 5.59. The van der Waals surface area contributed by atoms with E-state index >= 15 is 0 Å². The Balaban J connectivity index is 1.86. The highest BCUT2D eigenvalue weighted by Crippen LogP contribution is 2.45. The summed E-state index contributed by atoms with van der Waals surface area (Å²) in [5.74, 6) is 0.238.